The molecule has 0 aliphatic rings. The van der Waals surface area contributed by atoms with Crippen LogP contribution in [0.4, 0.5) is 11.4 Å². The van der Waals surface area contributed by atoms with E-state index < -0.39 is 22.5 Å². The van der Waals surface area contributed by atoms with Crippen LogP contribution in [0.15, 0.2) is 53.4 Å². The molecule has 0 aromatic heterocycles. The number of rotatable bonds is 6. The Morgan fingerprint density at radius 2 is 1.73 bits per heavy atom. The normalized spacial score (nSPS) is 10.9. The van der Waals surface area contributed by atoms with Gasteiger partial charge in [0.25, 0.3) is 10.0 Å². The van der Waals surface area contributed by atoms with Crippen molar-refractivity contribution in [2.75, 3.05) is 23.3 Å². The first kappa shape index (κ1) is 20.2. The van der Waals surface area contributed by atoms with Crippen molar-refractivity contribution in [3.05, 3.63) is 52.1 Å². The smallest absolute Gasteiger partial charge is 0.326 e. The topological polar surface area (TPSA) is 92.8 Å². The van der Waals surface area contributed by atoms with E-state index in [1.807, 2.05) is 22.6 Å². The summed E-state index contributed by atoms with van der Waals surface area (Å²) < 4.78 is 32.5. The SMILES string of the molecule is COC(=O)CN(c1ccccc1I)S(=O)(=O)c1ccc(NC(C)=O)cc1. The Hall–Kier alpha value is -2.14. The van der Waals surface area contributed by atoms with Gasteiger partial charge in [0.05, 0.1) is 17.7 Å². The van der Waals surface area contributed by atoms with E-state index in [1.54, 1.807) is 24.3 Å². The molecular formula is C17H17IN2O5S. The van der Waals surface area contributed by atoms with Gasteiger partial charge in [0, 0.05) is 16.2 Å². The van der Waals surface area contributed by atoms with Crippen LogP contribution in [0, 0.1) is 3.57 Å². The lowest BCUT2D eigenvalue weighted by Gasteiger charge is -2.24. The second-order valence-corrected chi connectivity index (χ2v) is 8.27. The van der Waals surface area contributed by atoms with Crippen LogP contribution in [-0.2, 0) is 24.3 Å². The van der Waals surface area contributed by atoms with Gasteiger partial charge in [-0.3, -0.25) is 13.9 Å². The number of halogens is 1. The first-order chi connectivity index (χ1) is 12.3. The van der Waals surface area contributed by atoms with Crippen LogP contribution in [0.1, 0.15) is 6.92 Å². The number of sulfonamides is 1. The molecule has 0 radical (unpaired) electrons. The molecule has 9 heteroatoms. The zero-order valence-corrected chi connectivity index (χ0v) is 17.1. The van der Waals surface area contributed by atoms with Crippen LogP contribution in [0.5, 0.6) is 0 Å². The molecule has 0 saturated carbocycles. The summed E-state index contributed by atoms with van der Waals surface area (Å²) in [5, 5.41) is 2.57. The number of carbonyl (C=O) groups excluding carboxylic acids is 2. The summed E-state index contributed by atoms with van der Waals surface area (Å²) in [7, 11) is -2.81. The van der Waals surface area contributed by atoms with Crippen molar-refractivity contribution in [3.8, 4) is 0 Å². The van der Waals surface area contributed by atoms with E-state index in [2.05, 4.69) is 10.1 Å². The summed E-state index contributed by atoms with van der Waals surface area (Å²) in [6, 6.07) is 12.6. The fourth-order valence-electron chi connectivity index (χ4n) is 2.18. The third-order valence-electron chi connectivity index (χ3n) is 3.38. The fraction of sp³-hybridized carbons (Fsp3) is 0.176. The maximum absolute atomic E-state index is 13.1. The van der Waals surface area contributed by atoms with E-state index in [0.29, 0.717) is 14.9 Å². The molecular weight excluding hydrogens is 471 g/mol. The van der Waals surface area contributed by atoms with Gasteiger partial charge in [-0.2, -0.15) is 0 Å². The van der Waals surface area contributed by atoms with Crippen LogP contribution in [0.25, 0.3) is 0 Å². The molecule has 2 aromatic rings. The number of amides is 1. The first-order valence-electron chi connectivity index (χ1n) is 7.47. The Labute approximate surface area is 165 Å². The quantitative estimate of drug-likeness (QED) is 0.499. The highest BCUT2D eigenvalue weighted by Gasteiger charge is 2.28. The van der Waals surface area contributed by atoms with Gasteiger partial charge < -0.3 is 10.1 Å². The summed E-state index contributed by atoms with van der Waals surface area (Å²) in [5.41, 5.74) is 0.856. The van der Waals surface area contributed by atoms with Crippen molar-refractivity contribution >= 4 is 55.9 Å². The number of benzene rings is 2. The molecule has 0 saturated heterocycles. The number of nitrogens with one attached hydrogen (secondary N) is 1. The van der Waals surface area contributed by atoms with Gasteiger partial charge in [0.1, 0.15) is 6.54 Å². The number of esters is 1. The molecule has 0 heterocycles. The molecule has 2 aromatic carbocycles. The molecule has 0 aliphatic heterocycles. The van der Waals surface area contributed by atoms with E-state index in [0.717, 1.165) is 4.31 Å². The lowest BCUT2D eigenvalue weighted by atomic mass is 10.3. The van der Waals surface area contributed by atoms with Gasteiger partial charge in [-0.25, -0.2) is 8.42 Å². The van der Waals surface area contributed by atoms with Gasteiger partial charge in [0.15, 0.2) is 0 Å². The molecule has 0 fully saturated rings. The van der Waals surface area contributed by atoms with Gasteiger partial charge in [-0.05, 0) is 59.0 Å². The van der Waals surface area contributed by atoms with Crippen LogP contribution in [0.2, 0.25) is 0 Å². The average Bonchev–Trinajstić information content (AvgIpc) is 2.60. The number of para-hydroxylation sites is 1. The molecule has 1 amide bonds. The molecule has 7 nitrogen and oxygen atoms in total. The summed E-state index contributed by atoms with van der Waals surface area (Å²) >= 11 is 2.01. The Kier molecular flexibility index (Phi) is 6.59. The monoisotopic (exact) mass is 488 g/mol. The number of carbonyl (C=O) groups is 2. The van der Waals surface area contributed by atoms with Crippen molar-refractivity contribution < 1.29 is 22.7 Å². The molecule has 0 bridgehead atoms. The van der Waals surface area contributed by atoms with Crippen molar-refractivity contribution in [1.82, 2.24) is 0 Å². The predicted molar refractivity (Wildman–Crippen MR) is 106 cm³/mol. The van der Waals surface area contributed by atoms with Crippen molar-refractivity contribution in [1.29, 1.82) is 0 Å². The minimum absolute atomic E-state index is 0.00448. The van der Waals surface area contributed by atoms with E-state index >= 15 is 0 Å². The van der Waals surface area contributed by atoms with E-state index in [1.165, 1.54) is 38.3 Å². The van der Waals surface area contributed by atoms with E-state index in [9.17, 15) is 18.0 Å². The Morgan fingerprint density at radius 3 is 2.27 bits per heavy atom. The second kappa shape index (κ2) is 8.49. The highest BCUT2D eigenvalue weighted by molar-refractivity contribution is 14.1. The van der Waals surface area contributed by atoms with Crippen molar-refractivity contribution in [2.45, 2.75) is 11.8 Å². The molecule has 1 N–H and O–H groups in total. The zero-order chi connectivity index (χ0) is 19.3. The highest BCUT2D eigenvalue weighted by Crippen LogP contribution is 2.28. The number of ether oxygens (including phenoxy) is 1. The van der Waals surface area contributed by atoms with Crippen LogP contribution < -0.4 is 9.62 Å². The highest BCUT2D eigenvalue weighted by atomic mass is 127. The summed E-state index contributed by atoms with van der Waals surface area (Å²) in [4.78, 5) is 22.9. The lowest BCUT2D eigenvalue weighted by Crippen LogP contribution is -2.36. The summed E-state index contributed by atoms with van der Waals surface area (Å²) in [5.74, 6) is -0.935. The Morgan fingerprint density at radius 1 is 1.12 bits per heavy atom. The minimum Gasteiger partial charge on any atom is -0.468 e. The van der Waals surface area contributed by atoms with Crippen LogP contribution in [0.3, 0.4) is 0 Å². The first-order valence-corrected chi connectivity index (χ1v) is 9.99. The fourth-order valence-corrected chi connectivity index (χ4v) is 4.45. The molecule has 0 atom stereocenters. The Balaban J connectivity index is 2.47. The van der Waals surface area contributed by atoms with Crippen LogP contribution in [-0.4, -0.2) is 33.9 Å². The molecule has 26 heavy (non-hydrogen) atoms. The van der Waals surface area contributed by atoms with Gasteiger partial charge >= 0.3 is 5.97 Å². The van der Waals surface area contributed by atoms with Gasteiger partial charge in [-0.1, -0.05) is 12.1 Å². The largest absolute Gasteiger partial charge is 0.468 e. The third kappa shape index (κ3) is 4.73. The van der Waals surface area contributed by atoms with Gasteiger partial charge in [-0.15, -0.1) is 0 Å². The second-order valence-electron chi connectivity index (χ2n) is 5.24. The average molecular weight is 488 g/mol. The van der Waals surface area contributed by atoms with Gasteiger partial charge in [0.2, 0.25) is 5.91 Å². The summed E-state index contributed by atoms with van der Waals surface area (Å²) in [6.07, 6.45) is 0. The Bertz CT molecular complexity index is 913. The number of nitrogens with zero attached hydrogens (tertiary/aromatic N) is 1. The lowest BCUT2D eigenvalue weighted by molar-refractivity contribution is -0.138. The third-order valence-corrected chi connectivity index (χ3v) is 6.07. The number of anilines is 2. The minimum atomic E-state index is -4.01. The van der Waals surface area contributed by atoms with E-state index in [4.69, 9.17) is 0 Å². The number of hydrogen-bond acceptors (Lipinski definition) is 5. The zero-order valence-electron chi connectivity index (χ0n) is 14.1. The maximum atomic E-state index is 13.1. The summed E-state index contributed by atoms with van der Waals surface area (Å²) in [6.45, 7) is 0.909. The number of hydrogen-bond donors (Lipinski definition) is 1. The van der Waals surface area contributed by atoms with Crippen LogP contribution >= 0.6 is 22.6 Å². The van der Waals surface area contributed by atoms with E-state index in [-0.39, 0.29) is 10.8 Å². The molecule has 0 spiro atoms. The number of methoxy groups -OCH3 is 1. The van der Waals surface area contributed by atoms with Crippen molar-refractivity contribution in [3.63, 3.8) is 0 Å². The standard InChI is InChI=1S/C17H17IN2O5S/c1-12(21)19-13-7-9-14(10-8-13)26(23,24)20(11-17(22)25-2)16-6-4-3-5-15(16)18/h3-10H,11H2,1-2H3,(H,19,21). The predicted octanol–water partition coefficient (Wildman–Crippen LogP) is 2.62. The molecule has 2 rings (SSSR count). The molecule has 0 unspecified atom stereocenters. The molecule has 138 valence electrons. The maximum Gasteiger partial charge on any atom is 0.326 e. The molecule has 0 aliphatic carbocycles. The van der Waals surface area contributed by atoms with Crippen molar-refractivity contribution in [2.24, 2.45) is 0 Å².